The highest BCUT2D eigenvalue weighted by molar-refractivity contribution is 7.99. The van der Waals surface area contributed by atoms with Gasteiger partial charge in [-0.2, -0.15) is 0 Å². The van der Waals surface area contributed by atoms with Crippen LogP contribution in [0.4, 0.5) is 0 Å². The summed E-state index contributed by atoms with van der Waals surface area (Å²) in [5.74, 6) is 0.687. The number of nitrogens with zero attached hydrogens (tertiary/aromatic N) is 3. The van der Waals surface area contributed by atoms with E-state index in [-0.39, 0.29) is 0 Å². The number of rotatable bonds is 3. The van der Waals surface area contributed by atoms with Gasteiger partial charge >= 0.3 is 0 Å². The highest BCUT2D eigenvalue weighted by Crippen LogP contribution is 2.47. The zero-order valence-electron chi connectivity index (χ0n) is 22.5. The lowest BCUT2D eigenvalue weighted by molar-refractivity contribution is 1.01. The third kappa shape index (κ3) is 3.49. The summed E-state index contributed by atoms with van der Waals surface area (Å²) in [4.78, 5) is 13.0. The van der Waals surface area contributed by atoms with Crippen molar-refractivity contribution in [3.05, 3.63) is 140 Å². The van der Waals surface area contributed by atoms with Gasteiger partial charge in [-0.05, 0) is 53.1 Å². The number of hydrogen-bond donors (Lipinski definition) is 0. The molecule has 0 bridgehead atoms. The second-order valence-electron chi connectivity index (χ2n) is 10.6. The molecule has 0 saturated heterocycles. The van der Waals surface area contributed by atoms with E-state index in [1.165, 1.54) is 31.7 Å². The standard InChI is InChI=1S/C38H23N3S/c1-3-12-24(13-4-1)26-22-29(25-14-5-2-6-15-25)37-30(23-26)27-16-7-9-19-32(27)41(37)38-39-31-18-11-21-34-35(31)36(40-38)28-17-8-10-20-33(28)42-34/h1-23H. The summed E-state index contributed by atoms with van der Waals surface area (Å²) in [7, 11) is 0. The molecule has 0 N–H and O–H groups in total. The van der Waals surface area contributed by atoms with Crippen LogP contribution < -0.4 is 0 Å². The fourth-order valence-corrected chi connectivity index (χ4v) is 7.44. The Hall–Kier alpha value is -5.19. The average Bonchev–Trinajstić information content (AvgIpc) is 3.39. The Bertz CT molecular complexity index is 2320. The van der Waals surface area contributed by atoms with Crippen molar-refractivity contribution in [2.75, 3.05) is 0 Å². The molecule has 8 aromatic rings. The van der Waals surface area contributed by atoms with E-state index in [1.54, 1.807) is 11.8 Å². The Kier molecular flexibility index (Phi) is 5.13. The van der Waals surface area contributed by atoms with Crippen LogP contribution in [0.1, 0.15) is 0 Å². The van der Waals surface area contributed by atoms with Crippen molar-refractivity contribution in [3.8, 4) is 39.5 Å². The minimum Gasteiger partial charge on any atom is -0.277 e. The SMILES string of the molecule is c1ccc(-c2cc(-c3ccccc3)c3c(c2)c2ccccc2n3-c2nc3c4c(cccc4n2)Sc2ccccc2-3)cc1. The third-order valence-electron chi connectivity index (χ3n) is 8.20. The van der Waals surface area contributed by atoms with E-state index in [1.807, 2.05) is 0 Å². The summed E-state index contributed by atoms with van der Waals surface area (Å²) in [5, 5.41) is 3.50. The maximum absolute atomic E-state index is 5.37. The van der Waals surface area contributed by atoms with Crippen LogP contribution in [0.15, 0.2) is 149 Å². The summed E-state index contributed by atoms with van der Waals surface area (Å²) in [6.45, 7) is 0. The predicted octanol–water partition coefficient (Wildman–Crippen LogP) is 10.2. The molecule has 9 rings (SSSR count). The van der Waals surface area contributed by atoms with Gasteiger partial charge in [0.05, 0.1) is 22.2 Å². The lowest BCUT2D eigenvalue weighted by atomic mass is 9.95. The maximum atomic E-state index is 5.37. The van der Waals surface area contributed by atoms with Crippen LogP contribution in [0.25, 0.3) is 72.2 Å². The van der Waals surface area contributed by atoms with Gasteiger partial charge in [0, 0.05) is 37.1 Å². The molecule has 1 aliphatic rings. The zero-order chi connectivity index (χ0) is 27.6. The highest BCUT2D eigenvalue weighted by atomic mass is 32.2. The van der Waals surface area contributed by atoms with Crippen LogP contribution in [-0.4, -0.2) is 14.5 Å². The Morgan fingerprint density at radius 1 is 0.500 bits per heavy atom. The number of para-hydroxylation sites is 1. The third-order valence-corrected chi connectivity index (χ3v) is 9.33. The van der Waals surface area contributed by atoms with E-state index >= 15 is 0 Å². The van der Waals surface area contributed by atoms with Gasteiger partial charge in [0.15, 0.2) is 0 Å². The Morgan fingerprint density at radius 2 is 1.21 bits per heavy atom. The van der Waals surface area contributed by atoms with Crippen LogP contribution in [-0.2, 0) is 0 Å². The Labute approximate surface area is 247 Å². The summed E-state index contributed by atoms with van der Waals surface area (Å²) < 4.78 is 2.27. The molecule has 196 valence electrons. The lowest BCUT2D eigenvalue weighted by Gasteiger charge is -2.20. The fourth-order valence-electron chi connectivity index (χ4n) is 6.33. The van der Waals surface area contributed by atoms with Crippen molar-refractivity contribution >= 4 is 44.5 Å². The predicted molar refractivity (Wildman–Crippen MR) is 174 cm³/mol. The summed E-state index contributed by atoms with van der Waals surface area (Å²) in [6.07, 6.45) is 0. The minimum absolute atomic E-state index is 0.687. The molecule has 0 atom stereocenters. The molecule has 3 heterocycles. The van der Waals surface area contributed by atoms with E-state index in [4.69, 9.17) is 9.97 Å². The number of fused-ring (bicyclic) bond motifs is 5. The quantitative estimate of drug-likeness (QED) is 0.218. The number of benzene rings is 6. The van der Waals surface area contributed by atoms with E-state index in [2.05, 4.69) is 144 Å². The van der Waals surface area contributed by atoms with Gasteiger partial charge in [-0.1, -0.05) is 115 Å². The van der Waals surface area contributed by atoms with Crippen molar-refractivity contribution in [2.45, 2.75) is 9.79 Å². The van der Waals surface area contributed by atoms with Crippen molar-refractivity contribution < 1.29 is 0 Å². The molecule has 0 saturated carbocycles. The average molecular weight is 554 g/mol. The molecule has 0 radical (unpaired) electrons. The maximum Gasteiger partial charge on any atom is 0.235 e. The van der Waals surface area contributed by atoms with E-state index in [0.717, 1.165) is 44.3 Å². The molecule has 3 nitrogen and oxygen atoms in total. The summed E-state index contributed by atoms with van der Waals surface area (Å²) in [5.41, 5.74) is 10.0. The summed E-state index contributed by atoms with van der Waals surface area (Å²) >= 11 is 1.80. The Morgan fingerprint density at radius 3 is 2.07 bits per heavy atom. The van der Waals surface area contributed by atoms with Crippen LogP contribution in [0.3, 0.4) is 0 Å². The van der Waals surface area contributed by atoms with Gasteiger partial charge in [-0.15, -0.1) is 0 Å². The topological polar surface area (TPSA) is 30.7 Å². The van der Waals surface area contributed by atoms with E-state index in [0.29, 0.717) is 5.95 Å². The van der Waals surface area contributed by atoms with Gasteiger partial charge in [0.25, 0.3) is 0 Å². The first kappa shape index (κ1) is 23.5. The second-order valence-corrected chi connectivity index (χ2v) is 11.7. The molecule has 1 aliphatic heterocycles. The molecule has 0 spiro atoms. The smallest absolute Gasteiger partial charge is 0.235 e. The van der Waals surface area contributed by atoms with Crippen LogP contribution >= 0.6 is 11.8 Å². The molecular formula is C38H23N3S. The number of hydrogen-bond acceptors (Lipinski definition) is 3. The Balaban J connectivity index is 1.43. The van der Waals surface area contributed by atoms with Gasteiger partial charge in [0.2, 0.25) is 5.95 Å². The van der Waals surface area contributed by atoms with Gasteiger partial charge < -0.3 is 0 Å². The monoisotopic (exact) mass is 553 g/mol. The highest BCUT2D eigenvalue weighted by Gasteiger charge is 2.25. The molecule has 0 aliphatic carbocycles. The fraction of sp³-hybridized carbons (Fsp3) is 0. The van der Waals surface area contributed by atoms with Crippen molar-refractivity contribution in [1.82, 2.24) is 14.5 Å². The van der Waals surface area contributed by atoms with Gasteiger partial charge in [-0.25, -0.2) is 9.97 Å². The van der Waals surface area contributed by atoms with Crippen LogP contribution in [0, 0.1) is 0 Å². The molecular weight excluding hydrogens is 531 g/mol. The van der Waals surface area contributed by atoms with Crippen molar-refractivity contribution in [2.24, 2.45) is 0 Å². The first-order valence-corrected chi connectivity index (χ1v) is 14.9. The van der Waals surface area contributed by atoms with Crippen LogP contribution in [0.2, 0.25) is 0 Å². The normalized spacial score (nSPS) is 12.2. The molecule has 4 heteroatoms. The van der Waals surface area contributed by atoms with E-state index < -0.39 is 0 Å². The second kappa shape index (κ2) is 9.16. The van der Waals surface area contributed by atoms with Crippen molar-refractivity contribution in [1.29, 1.82) is 0 Å². The van der Waals surface area contributed by atoms with Gasteiger partial charge in [0.1, 0.15) is 0 Å². The molecule has 0 fully saturated rings. The molecule has 0 amide bonds. The largest absolute Gasteiger partial charge is 0.277 e. The summed E-state index contributed by atoms with van der Waals surface area (Å²) in [6, 6.07) is 49.5. The zero-order valence-corrected chi connectivity index (χ0v) is 23.3. The lowest BCUT2D eigenvalue weighted by Crippen LogP contribution is -2.06. The van der Waals surface area contributed by atoms with Crippen LogP contribution in [0.5, 0.6) is 0 Å². The molecule has 2 aromatic heterocycles. The number of aromatic nitrogens is 3. The minimum atomic E-state index is 0.687. The van der Waals surface area contributed by atoms with Gasteiger partial charge in [-0.3, -0.25) is 4.57 Å². The first-order valence-electron chi connectivity index (χ1n) is 14.1. The molecule has 0 unspecified atom stereocenters. The van der Waals surface area contributed by atoms with E-state index in [9.17, 15) is 0 Å². The molecule has 42 heavy (non-hydrogen) atoms. The van der Waals surface area contributed by atoms with Crippen molar-refractivity contribution in [3.63, 3.8) is 0 Å². The first-order chi connectivity index (χ1) is 20.8. The molecule has 6 aromatic carbocycles.